The summed E-state index contributed by atoms with van der Waals surface area (Å²) in [5.41, 5.74) is 2.41. The van der Waals surface area contributed by atoms with Crippen LogP contribution in [0, 0.1) is 0 Å². The van der Waals surface area contributed by atoms with Gasteiger partial charge in [-0.25, -0.2) is 4.98 Å². The molecule has 4 rings (SSSR count). The van der Waals surface area contributed by atoms with E-state index in [0.717, 1.165) is 11.1 Å². The molecule has 4 aromatic rings. The third-order valence-electron chi connectivity index (χ3n) is 5.96. The molecule has 0 aliphatic heterocycles. The van der Waals surface area contributed by atoms with Crippen molar-refractivity contribution in [1.29, 1.82) is 0 Å². The molecule has 10 nitrogen and oxygen atoms in total. The topological polar surface area (TPSA) is 114 Å². The number of pyridine rings is 1. The highest BCUT2D eigenvalue weighted by Gasteiger charge is 2.22. The van der Waals surface area contributed by atoms with E-state index in [1.165, 1.54) is 27.5 Å². The van der Waals surface area contributed by atoms with Gasteiger partial charge >= 0.3 is 6.01 Å². The maximum Gasteiger partial charge on any atom is 0.318 e. The Bertz CT molecular complexity index is 1440. The summed E-state index contributed by atoms with van der Waals surface area (Å²) in [6.45, 7) is 0.658. The van der Waals surface area contributed by atoms with E-state index < -0.39 is 0 Å². The highest BCUT2D eigenvalue weighted by molar-refractivity contribution is 6.32. The number of nitrogens with one attached hydrogen (secondary N) is 1. The van der Waals surface area contributed by atoms with Gasteiger partial charge in [0.05, 0.1) is 45.6 Å². The lowest BCUT2D eigenvalue weighted by Gasteiger charge is -2.15. The Morgan fingerprint density at radius 1 is 0.900 bits per heavy atom. The van der Waals surface area contributed by atoms with Crippen LogP contribution in [0.1, 0.15) is 27.0 Å². The molecule has 0 spiro atoms. The van der Waals surface area contributed by atoms with Crippen molar-refractivity contribution in [2.45, 2.75) is 13.0 Å². The number of anilines is 1. The Morgan fingerprint density at radius 2 is 1.65 bits per heavy atom. The molecule has 11 heteroatoms. The number of aromatic nitrogens is 3. The van der Waals surface area contributed by atoms with Crippen LogP contribution in [0.4, 0.5) is 5.82 Å². The summed E-state index contributed by atoms with van der Waals surface area (Å²) in [4.78, 5) is 26.6. The molecule has 2 aromatic carbocycles. The third kappa shape index (κ3) is 6.70. The second-order valence-corrected chi connectivity index (χ2v) is 8.85. The minimum atomic E-state index is -0.351. The fraction of sp³-hybridized carbons (Fsp3) is 0.241. The fourth-order valence-electron chi connectivity index (χ4n) is 3.92. The Hall–Kier alpha value is -4.57. The number of hydrogen-bond acceptors (Lipinski definition) is 10. The molecule has 0 aliphatic carbocycles. The van der Waals surface area contributed by atoms with Gasteiger partial charge in [0.1, 0.15) is 11.6 Å². The molecule has 0 aliphatic rings. The van der Waals surface area contributed by atoms with Crippen LogP contribution in [-0.4, -0.2) is 55.8 Å². The molecule has 0 unspecified atom stereocenters. The zero-order chi connectivity index (χ0) is 28.5. The molecule has 2 aromatic heterocycles. The van der Waals surface area contributed by atoms with Crippen LogP contribution in [0.5, 0.6) is 29.0 Å². The Morgan fingerprint density at radius 3 is 2.27 bits per heavy atom. The Labute approximate surface area is 237 Å². The first-order valence-corrected chi connectivity index (χ1v) is 12.6. The molecule has 0 bridgehead atoms. The van der Waals surface area contributed by atoms with Crippen molar-refractivity contribution in [2.75, 3.05) is 40.4 Å². The molecule has 0 radical (unpaired) electrons. The van der Waals surface area contributed by atoms with E-state index in [1.807, 2.05) is 18.2 Å². The first-order chi connectivity index (χ1) is 19.5. The van der Waals surface area contributed by atoms with Gasteiger partial charge < -0.3 is 29.0 Å². The summed E-state index contributed by atoms with van der Waals surface area (Å²) in [6.07, 6.45) is 5.54. The van der Waals surface area contributed by atoms with Crippen LogP contribution in [-0.2, 0) is 13.0 Å². The normalized spacial score (nSPS) is 10.5. The van der Waals surface area contributed by atoms with E-state index in [2.05, 4.69) is 20.3 Å². The second kappa shape index (κ2) is 13.5. The quantitative estimate of drug-likeness (QED) is 0.222. The van der Waals surface area contributed by atoms with Gasteiger partial charge in [-0.3, -0.25) is 9.78 Å². The molecule has 1 N–H and O–H groups in total. The van der Waals surface area contributed by atoms with E-state index in [9.17, 15) is 4.79 Å². The van der Waals surface area contributed by atoms with Crippen LogP contribution in [0.25, 0.3) is 0 Å². The minimum absolute atomic E-state index is 0.126. The summed E-state index contributed by atoms with van der Waals surface area (Å²) in [5.74, 6) is 1.58. The average molecular weight is 565 g/mol. The monoisotopic (exact) mass is 564 g/mol. The van der Waals surface area contributed by atoms with Gasteiger partial charge in [-0.1, -0.05) is 23.7 Å². The van der Waals surface area contributed by atoms with Gasteiger partial charge in [-0.2, -0.15) is 4.98 Å². The van der Waals surface area contributed by atoms with E-state index >= 15 is 0 Å². The van der Waals surface area contributed by atoms with Crippen LogP contribution < -0.4 is 29.0 Å². The highest BCUT2D eigenvalue weighted by atomic mass is 35.5. The number of nitrogens with zero attached hydrogens (tertiary/aromatic N) is 3. The number of carbonyl (C=O) groups is 1. The van der Waals surface area contributed by atoms with Crippen molar-refractivity contribution in [3.63, 3.8) is 0 Å². The molecular formula is C29H29ClN4O6. The number of ketones is 1. The lowest BCUT2D eigenvalue weighted by molar-refractivity contribution is 0.103. The number of carbonyl (C=O) groups excluding carboxylic acids is 1. The van der Waals surface area contributed by atoms with Crippen molar-refractivity contribution in [1.82, 2.24) is 15.0 Å². The summed E-state index contributed by atoms with van der Waals surface area (Å²) >= 11 is 6.30. The Kier molecular flexibility index (Phi) is 9.58. The number of halogens is 1. The molecule has 0 atom stereocenters. The maximum atomic E-state index is 13.7. The first kappa shape index (κ1) is 28.4. The van der Waals surface area contributed by atoms with Crippen molar-refractivity contribution < 1.29 is 28.5 Å². The predicted octanol–water partition coefficient (Wildman–Crippen LogP) is 5.02. The minimum Gasteiger partial charge on any atom is -0.495 e. The molecule has 208 valence electrons. The standard InChI is InChI=1S/C29H29ClN4O6/c1-36-23-8-7-19(12-22(23)30)16-32-28-21(17-33-29(34-28)40-11-9-18-6-5-10-31-15-18)26(35)20-13-24(37-2)27(39-4)25(14-20)38-3/h5-8,10,12-15,17H,9,11,16H2,1-4H3,(H,32,33,34). The first-order valence-electron chi connectivity index (χ1n) is 12.3. The molecular weight excluding hydrogens is 536 g/mol. The van der Waals surface area contributed by atoms with Crippen molar-refractivity contribution >= 4 is 23.2 Å². The molecule has 0 amide bonds. The molecule has 0 fully saturated rings. The average Bonchev–Trinajstić information content (AvgIpc) is 2.99. The molecule has 40 heavy (non-hydrogen) atoms. The zero-order valence-corrected chi connectivity index (χ0v) is 23.3. The summed E-state index contributed by atoms with van der Waals surface area (Å²) in [6, 6.07) is 12.5. The van der Waals surface area contributed by atoms with E-state index in [0.29, 0.717) is 53.2 Å². The van der Waals surface area contributed by atoms with Gasteiger partial charge in [0.2, 0.25) is 5.75 Å². The maximum absolute atomic E-state index is 13.7. The number of methoxy groups -OCH3 is 4. The SMILES string of the molecule is COc1ccc(CNc2nc(OCCc3cccnc3)ncc2C(=O)c2cc(OC)c(OC)c(OC)c2)cc1Cl. The van der Waals surface area contributed by atoms with Crippen LogP contribution in [0.3, 0.4) is 0 Å². The number of benzene rings is 2. The van der Waals surface area contributed by atoms with Crippen LogP contribution in [0.2, 0.25) is 5.02 Å². The highest BCUT2D eigenvalue weighted by Crippen LogP contribution is 2.39. The van der Waals surface area contributed by atoms with Gasteiger partial charge in [0.25, 0.3) is 0 Å². The van der Waals surface area contributed by atoms with E-state index in [1.54, 1.807) is 43.8 Å². The van der Waals surface area contributed by atoms with E-state index in [-0.39, 0.29) is 23.2 Å². The van der Waals surface area contributed by atoms with Gasteiger partial charge in [-0.15, -0.1) is 0 Å². The summed E-state index contributed by atoms with van der Waals surface area (Å²) < 4.78 is 27.3. The summed E-state index contributed by atoms with van der Waals surface area (Å²) in [7, 11) is 6.02. The van der Waals surface area contributed by atoms with Crippen molar-refractivity contribution in [3.8, 4) is 29.0 Å². The molecule has 2 heterocycles. The van der Waals surface area contributed by atoms with Crippen molar-refractivity contribution in [2.24, 2.45) is 0 Å². The van der Waals surface area contributed by atoms with Gasteiger partial charge in [-0.05, 0) is 41.5 Å². The number of rotatable bonds is 13. The second-order valence-electron chi connectivity index (χ2n) is 8.44. The van der Waals surface area contributed by atoms with Crippen LogP contribution in [0.15, 0.2) is 61.1 Å². The number of hydrogen-bond donors (Lipinski definition) is 1. The van der Waals surface area contributed by atoms with Crippen LogP contribution >= 0.6 is 11.6 Å². The molecule has 0 saturated heterocycles. The largest absolute Gasteiger partial charge is 0.495 e. The Balaban J connectivity index is 1.63. The molecule has 0 saturated carbocycles. The lowest BCUT2D eigenvalue weighted by atomic mass is 10.0. The van der Waals surface area contributed by atoms with Crippen molar-refractivity contribution in [3.05, 3.63) is 88.3 Å². The fourth-order valence-corrected chi connectivity index (χ4v) is 4.20. The predicted molar refractivity (Wildman–Crippen MR) is 150 cm³/mol. The third-order valence-corrected chi connectivity index (χ3v) is 6.25. The smallest absolute Gasteiger partial charge is 0.318 e. The number of ether oxygens (including phenoxy) is 5. The lowest BCUT2D eigenvalue weighted by Crippen LogP contribution is -2.13. The van der Waals surface area contributed by atoms with Gasteiger partial charge in [0, 0.05) is 37.1 Å². The van der Waals surface area contributed by atoms with E-state index in [4.69, 9.17) is 35.3 Å². The zero-order valence-electron chi connectivity index (χ0n) is 22.6. The summed E-state index contributed by atoms with van der Waals surface area (Å²) in [5, 5.41) is 3.69. The van der Waals surface area contributed by atoms with Gasteiger partial charge in [0.15, 0.2) is 17.3 Å².